The van der Waals surface area contributed by atoms with Crippen LogP contribution >= 0.6 is 11.6 Å². The third-order valence-electron chi connectivity index (χ3n) is 4.21. The maximum Gasteiger partial charge on any atom is 0.267 e. The summed E-state index contributed by atoms with van der Waals surface area (Å²) in [5.74, 6) is 0.0855. The summed E-state index contributed by atoms with van der Waals surface area (Å²) >= 11 is 6.21. The van der Waals surface area contributed by atoms with Crippen molar-refractivity contribution < 1.29 is 4.39 Å². The fourth-order valence-corrected chi connectivity index (χ4v) is 3.01. The van der Waals surface area contributed by atoms with Gasteiger partial charge in [0.25, 0.3) is 5.56 Å². The number of rotatable bonds is 2. The van der Waals surface area contributed by atoms with Gasteiger partial charge in [0, 0.05) is 0 Å². The summed E-state index contributed by atoms with van der Waals surface area (Å²) in [5, 5.41) is 0.649. The average Bonchev–Trinajstić information content (AvgIpc) is 2.53. The largest absolute Gasteiger partial charge is 0.322 e. The predicted molar refractivity (Wildman–Crippen MR) is 94.4 cm³/mol. The number of nitrogens with zero attached hydrogens (tertiary/aromatic N) is 2. The standard InChI is InChI=1S/C18H17ClFN3O/c1-9-10(2)15(8-7-13(9)20)23-17(11(3)21)22-14-6-4-5-12(19)16(14)18(23)24/h4-8,11H,21H2,1-3H3/t11-/m0/s1. The van der Waals surface area contributed by atoms with Gasteiger partial charge < -0.3 is 5.73 Å². The molecule has 3 rings (SSSR count). The summed E-state index contributed by atoms with van der Waals surface area (Å²) < 4.78 is 15.2. The first-order chi connectivity index (χ1) is 11.3. The Bertz CT molecular complexity index is 1010. The molecule has 124 valence electrons. The number of benzene rings is 2. The van der Waals surface area contributed by atoms with Crippen molar-refractivity contribution in [2.45, 2.75) is 26.8 Å². The molecule has 0 aliphatic rings. The lowest BCUT2D eigenvalue weighted by molar-refractivity contribution is 0.615. The molecule has 24 heavy (non-hydrogen) atoms. The number of hydrogen-bond acceptors (Lipinski definition) is 3. The van der Waals surface area contributed by atoms with Crippen LogP contribution in [0.2, 0.25) is 5.02 Å². The molecule has 1 atom stereocenters. The van der Waals surface area contributed by atoms with Crippen molar-refractivity contribution in [3.8, 4) is 5.69 Å². The smallest absolute Gasteiger partial charge is 0.267 e. The van der Waals surface area contributed by atoms with Crippen LogP contribution in [0.15, 0.2) is 35.1 Å². The number of hydrogen-bond donors (Lipinski definition) is 1. The molecule has 0 radical (unpaired) electrons. The second kappa shape index (κ2) is 6.00. The Hall–Kier alpha value is -2.24. The highest BCUT2D eigenvalue weighted by atomic mass is 35.5. The van der Waals surface area contributed by atoms with Gasteiger partial charge in [0.05, 0.1) is 27.7 Å². The van der Waals surface area contributed by atoms with Crippen LogP contribution in [0, 0.1) is 19.7 Å². The number of halogens is 2. The SMILES string of the molecule is Cc1c(F)ccc(-n2c([C@H](C)N)nc3cccc(Cl)c3c2=O)c1C. The minimum absolute atomic E-state index is 0.313. The third-order valence-corrected chi connectivity index (χ3v) is 4.53. The molecule has 1 heterocycles. The Morgan fingerprint density at radius 2 is 1.92 bits per heavy atom. The number of fused-ring (bicyclic) bond motifs is 1. The normalized spacial score (nSPS) is 12.6. The maximum absolute atomic E-state index is 13.8. The lowest BCUT2D eigenvalue weighted by atomic mass is 10.1. The van der Waals surface area contributed by atoms with E-state index in [1.807, 2.05) is 0 Å². The highest BCUT2D eigenvalue weighted by Crippen LogP contribution is 2.25. The van der Waals surface area contributed by atoms with E-state index in [0.29, 0.717) is 38.6 Å². The topological polar surface area (TPSA) is 60.9 Å². The van der Waals surface area contributed by atoms with Crippen molar-refractivity contribution in [2.75, 3.05) is 0 Å². The molecule has 0 amide bonds. The minimum Gasteiger partial charge on any atom is -0.322 e. The predicted octanol–water partition coefficient (Wildman–Crippen LogP) is 3.81. The minimum atomic E-state index is -0.481. The monoisotopic (exact) mass is 345 g/mol. The number of aromatic nitrogens is 2. The Labute approximate surface area is 143 Å². The second-order valence-electron chi connectivity index (χ2n) is 5.85. The maximum atomic E-state index is 13.8. The van der Waals surface area contributed by atoms with E-state index in [1.165, 1.54) is 10.6 Å². The molecule has 4 nitrogen and oxygen atoms in total. The molecule has 0 unspecified atom stereocenters. The first-order valence-corrected chi connectivity index (χ1v) is 7.93. The molecular formula is C18H17ClFN3O. The van der Waals surface area contributed by atoms with Crippen LogP contribution < -0.4 is 11.3 Å². The van der Waals surface area contributed by atoms with Crippen LogP contribution in [-0.4, -0.2) is 9.55 Å². The van der Waals surface area contributed by atoms with E-state index in [-0.39, 0.29) is 11.4 Å². The Morgan fingerprint density at radius 1 is 1.21 bits per heavy atom. The summed E-state index contributed by atoms with van der Waals surface area (Å²) in [6, 6.07) is 7.53. The molecule has 0 spiro atoms. The summed E-state index contributed by atoms with van der Waals surface area (Å²) in [4.78, 5) is 17.6. The van der Waals surface area contributed by atoms with Crippen LogP contribution in [0.25, 0.3) is 16.6 Å². The Balaban J connectivity index is 2.50. The first-order valence-electron chi connectivity index (χ1n) is 7.55. The molecule has 0 bridgehead atoms. The van der Waals surface area contributed by atoms with Crippen molar-refractivity contribution in [2.24, 2.45) is 5.73 Å². The summed E-state index contributed by atoms with van der Waals surface area (Å²) in [6.45, 7) is 5.19. The molecule has 0 aliphatic heterocycles. The molecule has 3 aromatic rings. The molecule has 2 N–H and O–H groups in total. The Morgan fingerprint density at radius 3 is 2.58 bits per heavy atom. The highest BCUT2D eigenvalue weighted by Gasteiger charge is 2.19. The van der Waals surface area contributed by atoms with E-state index in [2.05, 4.69) is 4.98 Å². The quantitative estimate of drug-likeness (QED) is 0.768. The van der Waals surface area contributed by atoms with Gasteiger partial charge in [0.15, 0.2) is 0 Å². The van der Waals surface area contributed by atoms with Gasteiger partial charge in [-0.2, -0.15) is 0 Å². The zero-order valence-corrected chi connectivity index (χ0v) is 14.4. The molecule has 0 fully saturated rings. The summed E-state index contributed by atoms with van der Waals surface area (Å²) in [7, 11) is 0. The average molecular weight is 346 g/mol. The third kappa shape index (κ3) is 2.50. The zero-order chi connectivity index (χ0) is 17.6. The molecule has 0 aliphatic carbocycles. The van der Waals surface area contributed by atoms with E-state index in [1.54, 1.807) is 45.0 Å². The van der Waals surface area contributed by atoms with Crippen molar-refractivity contribution >= 4 is 22.5 Å². The second-order valence-corrected chi connectivity index (χ2v) is 6.26. The van der Waals surface area contributed by atoms with E-state index in [9.17, 15) is 9.18 Å². The van der Waals surface area contributed by atoms with Gasteiger partial charge in [-0.25, -0.2) is 9.37 Å². The van der Waals surface area contributed by atoms with Gasteiger partial charge in [-0.15, -0.1) is 0 Å². The van der Waals surface area contributed by atoms with Crippen LogP contribution in [-0.2, 0) is 0 Å². The first kappa shape index (κ1) is 16.6. The van der Waals surface area contributed by atoms with Gasteiger partial charge in [-0.1, -0.05) is 17.7 Å². The van der Waals surface area contributed by atoms with Gasteiger partial charge >= 0.3 is 0 Å². The molecule has 0 saturated heterocycles. The van der Waals surface area contributed by atoms with Crippen LogP contribution in [0.1, 0.15) is 29.9 Å². The lowest BCUT2D eigenvalue weighted by Gasteiger charge is -2.19. The summed E-state index contributed by atoms with van der Waals surface area (Å²) in [6.07, 6.45) is 0. The van der Waals surface area contributed by atoms with Gasteiger partial charge in [-0.3, -0.25) is 9.36 Å². The summed E-state index contributed by atoms with van der Waals surface area (Å²) in [5.41, 5.74) is 7.92. The Kier molecular flexibility index (Phi) is 4.15. The van der Waals surface area contributed by atoms with Crippen molar-refractivity contribution in [1.82, 2.24) is 9.55 Å². The van der Waals surface area contributed by atoms with E-state index >= 15 is 0 Å². The fraction of sp³-hybridized carbons (Fsp3) is 0.222. The molecule has 6 heteroatoms. The highest BCUT2D eigenvalue weighted by molar-refractivity contribution is 6.35. The molecule has 0 saturated carbocycles. The van der Waals surface area contributed by atoms with E-state index < -0.39 is 6.04 Å². The van der Waals surface area contributed by atoms with Crippen molar-refractivity contribution in [3.05, 3.63) is 68.5 Å². The molecule has 2 aromatic carbocycles. The molecule has 1 aromatic heterocycles. The van der Waals surface area contributed by atoms with Gasteiger partial charge in [0.1, 0.15) is 11.6 Å². The van der Waals surface area contributed by atoms with E-state index in [0.717, 1.165) is 0 Å². The van der Waals surface area contributed by atoms with Gasteiger partial charge in [-0.05, 0) is 56.2 Å². The van der Waals surface area contributed by atoms with Crippen LogP contribution in [0.5, 0.6) is 0 Å². The molecular weight excluding hydrogens is 329 g/mol. The van der Waals surface area contributed by atoms with Crippen molar-refractivity contribution in [1.29, 1.82) is 0 Å². The van der Waals surface area contributed by atoms with Crippen LogP contribution in [0.3, 0.4) is 0 Å². The van der Waals surface area contributed by atoms with Crippen LogP contribution in [0.4, 0.5) is 4.39 Å². The fourth-order valence-electron chi connectivity index (χ4n) is 2.76. The van der Waals surface area contributed by atoms with Crippen molar-refractivity contribution in [3.63, 3.8) is 0 Å². The number of nitrogens with two attached hydrogens (primary N) is 1. The zero-order valence-electron chi connectivity index (χ0n) is 13.6. The lowest BCUT2D eigenvalue weighted by Crippen LogP contribution is -2.28. The van der Waals surface area contributed by atoms with Gasteiger partial charge in [0.2, 0.25) is 0 Å². The van der Waals surface area contributed by atoms with E-state index in [4.69, 9.17) is 17.3 Å².